The Morgan fingerprint density at radius 3 is 2.75 bits per heavy atom. The minimum Gasteiger partial charge on any atom is -0.392 e. The van der Waals surface area contributed by atoms with E-state index in [9.17, 15) is 0 Å². The summed E-state index contributed by atoms with van der Waals surface area (Å²) in [6.07, 6.45) is 1.89. The summed E-state index contributed by atoms with van der Waals surface area (Å²) in [6.45, 7) is 0.0686. The normalized spacial score (nSPS) is 11.1. The number of aliphatic hydroxyl groups is 1. The molecule has 2 heteroatoms. The number of fused-ring (bicyclic) bond motifs is 3. The number of pyridine rings is 1. The van der Waals surface area contributed by atoms with Crippen LogP contribution in [0.1, 0.15) is 5.56 Å². The molecular weight excluding hydrogens is 198 g/mol. The van der Waals surface area contributed by atoms with Gasteiger partial charge in [-0.25, -0.2) is 0 Å². The molecule has 1 aromatic heterocycles. The van der Waals surface area contributed by atoms with Crippen LogP contribution in [0.15, 0.2) is 48.7 Å². The summed E-state index contributed by atoms with van der Waals surface area (Å²) in [4.78, 5) is 4.40. The Kier molecular flexibility index (Phi) is 2.08. The van der Waals surface area contributed by atoms with Crippen molar-refractivity contribution in [3.05, 3.63) is 54.2 Å². The van der Waals surface area contributed by atoms with Crippen LogP contribution in [0.25, 0.3) is 21.7 Å². The SMILES string of the molecule is OCc1ccc2ncc3ccccc3c2c1. The molecule has 3 rings (SSSR count). The zero-order chi connectivity index (χ0) is 11.0. The van der Waals surface area contributed by atoms with Gasteiger partial charge in [-0.1, -0.05) is 30.3 Å². The first kappa shape index (κ1) is 9.31. The second kappa shape index (κ2) is 3.58. The molecule has 0 aliphatic carbocycles. The van der Waals surface area contributed by atoms with Gasteiger partial charge in [0.2, 0.25) is 0 Å². The molecule has 0 amide bonds. The van der Waals surface area contributed by atoms with E-state index in [-0.39, 0.29) is 6.61 Å². The van der Waals surface area contributed by atoms with Crippen molar-refractivity contribution in [1.82, 2.24) is 4.98 Å². The lowest BCUT2D eigenvalue weighted by Gasteiger charge is -2.04. The summed E-state index contributed by atoms with van der Waals surface area (Å²) < 4.78 is 0. The van der Waals surface area contributed by atoms with Crippen LogP contribution in [0.3, 0.4) is 0 Å². The van der Waals surface area contributed by atoms with Gasteiger partial charge in [-0.15, -0.1) is 0 Å². The molecular formula is C14H11NO. The van der Waals surface area contributed by atoms with Gasteiger partial charge in [-0.3, -0.25) is 4.98 Å². The van der Waals surface area contributed by atoms with E-state index >= 15 is 0 Å². The molecule has 0 saturated carbocycles. The number of rotatable bonds is 1. The van der Waals surface area contributed by atoms with E-state index in [1.54, 1.807) is 0 Å². The van der Waals surface area contributed by atoms with Gasteiger partial charge >= 0.3 is 0 Å². The van der Waals surface area contributed by atoms with Gasteiger partial charge in [0, 0.05) is 17.0 Å². The van der Waals surface area contributed by atoms with Crippen LogP contribution in [-0.4, -0.2) is 10.1 Å². The molecule has 2 nitrogen and oxygen atoms in total. The monoisotopic (exact) mass is 209 g/mol. The second-order valence-corrected chi connectivity index (χ2v) is 3.86. The Bertz CT molecular complexity index is 661. The molecule has 0 radical (unpaired) electrons. The molecule has 3 aromatic rings. The third-order valence-corrected chi connectivity index (χ3v) is 2.84. The molecule has 1 heterocycles. The Balaban J connectivity index is 2.47. The third kappa shape index (κ3) is 1.35. The van der Waals surface area contributed by atoms with Crippen LogP contribution in [0.5, 0.6) is 0 Å². The molecule has 0 saturated heterocycles. The lowest BCUT2D eigenvalue weighted by Crippen LogP contribution is -1.86. The topological polar surface area (TPSA) is 33.1 Å². The zero-order valence-electron chi connectivity index (χ0n) is 8.72. The van der Waals surface area contributed by atoms with Gasteiger partial charge in [0.25, 0.3) is 0 Å². The molecule has 1 N–H and O–H groups in total. The summed E-state index contributed by atoms with van der Waals surface area (Å²) in [7, 11) is 0. The fourth-order valence-electron chi connectivity index (χ4n) is 2.00. The predicted molar refractivity (Wildman–Crippen MR) is 65.2 cm³/mol. The smallest absolute Gasteiger partial charge is 0.0708 e. The van der Waals surface area contributed by atoms with Gasteiger partial charge in [-0.2, -0.15) is 0 Å². The van der Waals surface area contributed by atoms with Crippen molar-refractivity contribution < 1.29 is 5.11 Å². The fraction of sp³-hybridized carbons (Fsp3) is 0.0714. The van der Waals surface area contributed by atoms with Crippen molar-refractivity contribution in [2.45, 2.75) is 6.61 Å². The minimum atomic E-state index is 0.0686. The molecule has 0 aliphatic rings. The highest BCUT2D eigenvalue weighted by atomic mass is 16.3. The van der Waals surface area contributed by atoms with Crippen molar-refractivity contribution in [2.24, 2.45) is 0 Å². The van der Waals surface area contributed by atoms with Gasteiger partial charge in [-0.05, 0) is 23.1 Å². The summed E-state index contributed by atoms with van der Waals surface area (Å²) in [5.74, 6) is 0. The first-order valence-electron chi connectivity index (χ1n) is 5.26. The number of hydrogen-bond acceptors (Lipinski definition) is 2. The number of hydrogen-bond donors (Lipinski definition) is 1. The number of aromatic nitrogens is 1. The maximum Gasteiger partial charge on any atom is 0.0708 e. The van der Waals surface area contributed by atoms with E-state index in [1.807, 2.05) is 42.6 Å². The van der Waals surface area contributed by atoms with E-state index < -0.39 is 0 Å². The van der Waals surface area contributed by atoms with Crippen molar-refractivity contribution in [1.29, 1.82) is 0 Å². The first-order valence-corrected chi connectivity index (χ1v) is 5.26. The van der Waals surface area contributed by atoms with Gasteiger partial charge in [0.15, 0.2) is 0 Å². The van der Waals surface area contributed by atoms with Gasteiger partial charge in [0.1, 0.15) is 0 Å². The summed E-state index contributed by atoms with van der Waals surface area (Å²) in [6, 6.07) is 14.0. The van der Waals surface area contributed by atoms with Crippen LogP contribution in [0.4, 0.5) is 0 Å². The predicted octanol–water partition coefficient (Wildman–Crippen LogP) is 2.88. The maximum atomic E-state index is 9.15. The average molecular weight is 209 g/mol. The quantitative estimate of drug-likeness (QED) is 0.625. The summed E-state index contributed by atoms with van der Waals surface area (Å²) in [5.41, 5.74) is 1.89. The second-order valence-electron chi connectivity index (χ2n) is 3.86. The molecule has 16 heavy (non-hydrogen) atoms. The Morgan fingerprint density at radius 2 is 1.88 bits per heavy atom. The molecule has 0 bridgehead atoms. The van der Waals surface area contributed by atoms with E-state index in [4.69, 9.17) is 5.11 Å². The molecule has 78 valence electrons. The van der Waals surface area contributed by atoms with Crippen LogP contribution < -0.4 is 0 Å². The van der Waals surface area contributed by atoms with E-state index in [2.05, 4.69) is 11.1 Å². The van der Waals surface area contributed by atoms with E-state index in [0.717, 1.165) is 21.9 Å². The largest absolute Gasteiger partial charge is 0.392 e. The van der Waals surface area contributed by atoms with Crippen LogP contribution >= 0.6 is 0 Å². The van der Waals surface area contributed by atoms with Gasteiger partial charge in [0.05, 0.1) is 12.1 Å². The van der Waals surface area contributed by atoms with E-state index in [0.29, 0.717) is 0 Å². The number of aliphatic hydroxyl groups excluding tert-OH is 1. The highest BCUT2D eigenvalue weighted by Crippen LogP contribution is 2.24. The van der Waals surface area contributed by atoms with E-state index in [1.165, 1.54) is 5.39 Å². The highest BCUT2D eigenvalue weighted by molar-refractivity contribution is 6.05. The summed E-state index contributed by atoms with van der Waals surface area (Å²) >= 11 is 0. The highest BCUT2D eigenvalue weighted by Gasteiger charge is 2.01. The molecule has 0 aliphatic heterocycles. The van der Waals surface area contributed by atoms with Crippen molar-refractivity contribution in [2.75, 3.05) is 0 Å². The first-order chi connectivity index (χ1) is 7.88. The zero-order valence-corrected chi connectivity index (χ0v) is 8.72. The number of nitrogens with zero attached hydrogens (tertiary/aromatic N) is 1. The lowest BCUT2D eigenvalue weighted by atomic mass is 10.0. The maximum absolute atomic E-state index is 9.15. The molecule has 0 fully saturated rings. The fourth-order valence-corrected chi connectivity index (χ4v) is 2.00. The average Bonchev–Trinajstić information content (AvgIpc) is 2.38. The Morgan fingerprint density at radius 1 is 1.00 bits per heavy atom. The molecule has 0 spiro atoms. The van der Waals surface area contributed by atoms with Crippen LogP contribution in [-0.2, 0) is 6.61 Å². The Hall–Kier alpha value is -1.93. The van der Waals surface area contributed by atoms with Crippen LogP contribution in [0, 0.1) is 0 Å². The van der Waals surface area contributed by atoms with Crippen molar-refractivity contribution in [3.63, 3.8) is 0 Å². The van der Waals surface area contributed by atoms with Crippen molar-refractivity contribution in [3.8, 4) is 0 Å². The molecule has 0 unspecified atom stereocenters. The Labute approximate surface area is 93.2 Å². The third-order valence-electron chi connectivity index (χ3n) is 2.84. The molecule has 2 aromatic carbocycles. The standard InChI is InChI=1S/C14H11NO/c16-9-10-5-6-14-13(7-10)12-4-2-1-3-11(12)8-15-14/h1-8,16H,9H2. The van der Waals surface area contributed by atoms with Gasteiger partial charge < -0.3 is 5.11 Å². The van der Waals surface area contributed by atoms with Crippen LogP contribution in [0.2, 0.25) is 0 Å². The summed E-state index contributed by atoms with van der Waals surface area (Å²) in [5, 5.41) is 12.6. The number of benzene rings is 2. The lowest BCUT2D eigenvalue weighted by molar-refractivity contribution is 0.282. The molecule has 0 atom stereocenters. The minimum absolute atomic E-state index is 0.0686. The van der Waals surface area contributed by atoms with Crippen molar-refractivity contribution >= 4 is 21.7 Å².